The van der Waals surface area contributed by atoms with Crippen molar-refractivity contribution in [3.63, 3.8) is 0 Å². The Kier molecular flexibility index (Phi) is 10.1. The molecule has 0 fully saturated rings. The second-order valence-corrected chi connectivity index (χ2v) is 4.45. The van der Waals surface area contributed by atoms with Gasteiger partial charge in [-0.05, 0) is 19.3 Å². The molecule has 100 valence electrons. The number of hydrogen-bond donors (Lipinski definition) is 2. The summed E-state index contributed by atoms with van der Waals surface area (Å²) >= 11 is 4.83. The SMILES string of the molecule is CCCCOCCCNC(=O)C(CC)C(N)=S. The predicted molar refractivity (Wildman–Crippen MR) is 73.9 cm³/mol. The number of carbonyl (C=O) groups is 1. The van der Waals surface area contributed by atoms with E-state index in [1.807, 2.05) is 6.92 Å². The third kappa shape index (κ3) is 8.10. The van der Waals surface area contributed by atoms with E-state index in [2.05, 4.69) is 12.2 Å². The van der Waals surface area contributed by atoms with Crippen LogP contribution in [0.3, 0.4) is 0 Å². The van der Waals surface area contributed by atoms with E-state index in [9.17, 15) is 4.79 Å². The van der Waals surface area contributed by atoms with Gasteiger partial charge >= 0.3 is 0 Å². The molecule has 0 aromatic heterocycles. The van der Waals surface area contributed by atoms with Crippen LogP contribution in [0.1, 0.15) is 39.5 Å². The first-order valence-corrected chi connectivity index (χ1v) is 6.69. The summed E-state index contributed by atoms with van der Waals surface area (Å²) in [6.07, 6.45) is 3.70. The maximum atomic E-state index is 11.6. The summed E-state index contributed by atoms with van der Waals surface area (Å²) in [4.78, 5) is 11.9. The molecule has 17 heavy (non-hydrogen) atoms. The Balaban J connectivity index is 3.53. The number of amides is 1. The maximum absolute atomic E-state index is 11.6. The highest BCUT2D eigenvalue weighted by atomic mass is 32.1. The molecule has 0 bridgehead atoms. The van der Waals surface area contributed by atoms with E-state index in [0.29, 0.717) is 19.6 Å². The van der Waals surface area contributed by atoms with Gasteiger partial charge in [-0.15, -0.1) is 0 Å². The first kappa shape index (κ1) is 16.3. The molecule has 1 atom stereocenters. The normalized spacial score (nSPS) is 12.1. The van der Waals surface area contributed by atoms with Crippen LogP contribution in [0.5, 0.6) is 0 Å². The third-order valence-corrected chi connectivity index (χ3v) is 2.76. The lowest BCUT2D eigenvalue weighted by molar-refractivity contribution is -0.123. The van der Waals surface area contributed by atoms with Gasteiger partial charge in [-0.2, -0.15) is 0 Å². The molecule has 5 heteroatoms. The van der Waals surface area contributed by atoms with Crippen molar-refractivity contribution < 1.29 is 9.53 Å². The van der Waals surface area contributed by atoms with E-state index >= 15 is 0 Å². The Hall–Kier alpha value is -0.680. The number of ether oxygens (including phenoxy) is 1. The van der Waals surface area contributed by atoms with Crippen LogP contribution in [0.4, 0.5) is 0 Å². The number of hydrogen-bond acceptors (Lipinski definition) is 3. The van der Waals surface area contributed by atoms with Gasteiger partial charge in [-0.3, -0.25) is 4.79 Å². The average molecular weight is 260 g/mol. The molecular weight excluding hydrogens is 236 g/mol. The molecule has 0 aliphatic carbocycles. The molecule has 0 heterocycles. The van der Waals surface area contributed by atoms with Crippen molar-refractivity contribution in [2.75, 3.05) is 19.8 Å². The maximum Gasteiger partial charge on any atom is 0.229 e. The summed E-state index contributed by atoms with van der Waals surface area (Å²) in [6.45, 7) is 6.13. The summed E-state index contributed by atoms with van der Waals surface area (Å²) in [5, 5.41) is 2.82. The minimum atomic E-state index is -0.342. The Morgan fingerprint density at radius 1 is 1.35 bits per heavy atom. The molecule has 0 aliphatic heterocycles. The van der Waals surface area contributed by atoms with Crippen LogP contribution in [-0.2, 0) is 9.53 Å². The van der Waals surface area contributed by atoms with E-state index in [4.69, 9.17) is 22.7 Å². The van der Waals surface area contributed by atoms with Gasteiger partial charge in [0.05, 0.1) is 10.9 Å². The van der Waals surface area contributed by atoms with Crippen molar-refractivity contribution in [1.82, 2.24) is 5.32 Å². The lowest BCUT2D eigenvalue weighted by atomic mass is 10.1. The van der Waals surface area contributed by atoms with E-state index in [-0.39, 0.29) is 16.8 Å². The van der Waals surface area contributed by atoms with Crippen molar-refractivity contribution in [3.8, 4) is 0 Å². The summed E-state index contributed by atoms with van der Waals surface area (Å²) in [5.41, 5.74) is 5.48. The number of nitrogens with two attached hydrogens (primary N) is 1. The molecule has 4 nitrogen and oxygen atoms in total. The molecule has 0 spiro atoms. The fourth-order valence-corrected chi connectivity index (χ4v) is 1.65. The van der Waals surface area contributed by atoms with E-state index in [0.717, 1.165) is 25.9 Å². The number of unbranched alkanes of at least 4 members (excludes halogenated alkanes) is 1. The lowest BCUT2D eigenvalue weighted by Gasteiger charge is -2.13. The summed E-state index contributed by atoms with van der Waals surface area (Å²) in [5.74, 6) is -0.417. The minimum Gasteiger partial charge on any atom is -0.393 e. The molecular formula is C12H24N2O2S. The first-order chi connectivity index (χ1) is 8.13. The zero-order valence-electron chi connectivity index (χ0n) is 10.8. The zero-order valence-corrected chi connectivity index (χ0v) is 11.6. The Morgan fingerprint density at radius 2 is 2.00 bits per heavy atom. The number of nitrogens with one attached hydrogen (secondary N) is 1. The van der Waals surface area contributed by atoms with Gasteiger partial charge in [0.1, 0.15) is 0 Å². The van der Waals surface area contributed by atoms with Crippen LogP contribution >= 0.6 is 12.2 Å². The van der Waals surface area contributed by atoms with Gasteiger partial charge in [0.15, 0.2) is 0 Å². The van der Waals surface area contributed by atoms with Gasteiger partial charge in [0.25, 0.3) is 0 Å². The molecule has 0 aliphatic rings. The van der Waals surface area contributed by atoms with Gasteiger partial charge in [-0.1, -0.05) is 32.5 Å². The van der Waals surface area contributed by atoms with Crippen LogP contribution in [-0.4, -0.2) is 30.7 Å². The topological polar surface area (TPSA) is 64.3 Å². The predicted octanol–water partition coefficient (Wildman–Crippen LogP) is 1.62. The minimum absolute atomic E-state index is 0.0754. The molecule has 1 amide bonds. The van der Waals surface area contributed by atoms with Crippen molar-refractivity contribution in [1.29, 1.82) is 0 Å². The van der Waals surface area contributed by atoms with Crippen molar-refractivity contribution in [2.24, 2.45) is 11.7 Å². The second-order valence-electron chi connectivity index (χ2n) is 3.97. The van der Waals surface area contributed by atoms with Gasteiger partial charge < -0.3 is 15.8 Å². The van der Waals surface area contributed by atoms with Gasteiger partial charge in [0, 0.05) is 19.8 Å². The smallest absolute Gasteiger partial charge is 0.229 e. The molecule has 3 N–H and O–H groups in total. The zero-order chi connectivity index (χ0) is 13.1. The van der Waals surface area contributed by atoms with Crippen LogP contribution in [0, 0.1) is 5.92 Å². The van der Waals surface area contributed by atoms with Crippen LogP contribution < -0.4 is 11.1 Å². The number of thiocarbonyl (C=S) groups is 1. The molecule has 0 aromatic carbocycles. The average Bonchev–Trinajstić information content (AvgIpc) is 2.28. The van der Waals surface area contributed by atoms with Gasteiger partial charge in [0.2, 0.25) is 5.91 Å². The molecule has 0 saturated carbocycles. The van der Waals surface area contributed by atoms with Crippen LogP contribution in [0.15, 0.2) is 0 Å². The number of rotatable bonds is 10. The third-order valence-electron chi connectivity index (χ3n) is 2.48. The van der Waals surface area contributed by atoms with E-state index in [1.54, 1.807) is 0 Å². The molecule has 0 rings (SSSR count). The largest absolute Gasteiger partial charge is 0.393 e. The first-order valence-electron chi connectivity index (χ1n) is 6.28. The fraction of sp³-hybridized carbons (Fsp3) is 0.833. The van der Waals surface area contributed by atoms with Crippen molar-refractivity contribution in [3.05, 3.63) is 0 Å². The highest BCUT2D eigenvalue weighted by Crippen LogP contribution is 2.02. The summed E-state index contributed by atoms with van der Waals surface area (Å²) in [7, 11) is 0. The Morgan fingerprint density at radius 3 is 2.53 bits per heavy atom. The molecule has 0 aromatic rings. The van der Waals surface area contributed by atoms with E-state index < -0.39 is 0 Å². The van der Waals surface area contributed by atoms with Crippen molar-refractivity contribution >= 4 is 23.1 Å². The lowest BCUT2D eigenvalue weighted by Crippen LogP contribution is -2.38. The highest BCUT2D eigenvalue weighted by molar-refractivity contribution is 7.80. The second kappa shape index (κ2) is 10.5. The summed E-state index contributed by atoms with van der Waals surface area (Å²) < 4.78 is 5.39. The molecule has 1 unspecified atom stereocenters. The molecule has 0 saturated heterocycles. The highest BCUT2D eigenvalue weighted by Gasteiger charge is 2.18. The summed E-state index contributed by atoms with van der Waals surface area (Å²) in [6, 6.07) is 0. The van der Waals surface area contributed by atoms with Crippen molar-refractivity contribution in [2.45, 2.75) is 39.5 Å². The Labute approximate surface area is 109 Å². The van der Waals surface area contributed by atoms with Crippen LogP contribution in [0.2, 0.25) is 0 Å². The Bertz CT molecular complexity index is 235. The van der Waals surface area contributed by atoms with E-state index in [1.165, 1.54) is 0 Å². The monoisotopic (exact) mass is 260 g/mol. The quantitative estimate of drug-likeness (QED) is 0.463. The molecule has 0 radical (unpaired) electrons. The van der Waals surface area contributed by atoms with Crippen LogP contribution in [0.25, 0.3) is 0 Å². The fourth-order valence-electron chi connectivity index (χ4n) is 1.37. The number of carbonyl (C=O) groups excluding carboxylic acids is 1. The standard InChI is InChI=1S/C12H24N2O2S/c1-3-5-8-16-9-6-7-14-12(15)10(4-2)11(13)17/h10H,3-9H2,1-2H3,(H2,13,17)(H,14,15). The van der Waals surface area contributed by atoms with Gasteiger partial charge in [-0.25, -0.2) is 0 Å².